The van der Waals surface area contributed by atoms with E-state index in [0.717, 1.165) is 31.2 Å². The normalized spacial score (nSPS) is 12.2. The number of fused-ring (bicyclic) bond motifs is 6. The van der Waals surface area contributed by atoms with Crippen LogP contribution in [0.3, 0.4) is 0 Å². The molecule has 0 saturated carbocycles. The largest absolute Gasteiger partial charge is 0.240 e. The van der Waals surface area contributed by atoms with Crippen molar-refractivity contribution in [2.24, 2.45) is 18.9 Å². The van der Waals surface area contributed by atoms with Crippen molar-refractivity contribution in [1.29, 1.82) is 0 Å². The van der Waals surface area contributed by atoms with E-state index in [2.05, 4.69) is 89.7 Å². The monoisotopic (exact) mass is 413 g/mol. The van der Waals surface area contributed by atoms with Gasteiger partial charge in [0.25, 0.3) is 0 Å². The lowest BCUT2D eigenvalue weighted by Crippen LogP contribution is -2.31. The van der Waals surface area contributed by atoms with Gasteiger partial charge in [-0.15, -0.1) is 0 Å². The van der Waals surface area contributed by atoms with Crippen molar-refractivity contribution in [3.63, 3.8) is 0 Å². The predicted molar refractivity (Wildman–Crippen MR) is 134 cm³/mol. The first kappa shape index (κ1) is 21.7. The summed E-state index contributed by atoms with van der Waals surface area (Å²) in [4.78, 5) is 5.27. The first-order valence-electron chi connectivity index (χ1n) is 12.0. The molecule has 0 radical (unpaired) electrons. The van der Waals surface area contributed by atoms with E-state index < -0.39 is 0 Å². The van der Waals surface area contributed by atoms with E-state index in [1.54, 1.807) is 0 Å². The standard InChI is InChI=1S/C29H37N2/c1-8-9-21-10-12-24-25-13-11-22(14-18(2)3)20(6)27(25)29-28(26(24)16-21)30-23(15-19(4)5)17-31(29)7/h10-13,16-19H,8-9,14-15H2,1-7H3/q+1. The van der Waals surface area contributed by atoms with Crippen LogP contribution in [0, 0.1) is 18.8 Å². The number of nitrogens with zero attached hydrogens (tertiary/aromatic N) is 2. The summed E-state index contributed by atoms with van der Waals surface area (Å²) in [5.41, 5.74) is 7.88. The Bertz CT molecular complexity index is 1260. The van der Waals surface area contributed by atoms with Crippen molar-refractivity contribution in [3.8, 4) is 0 Å². The highest BCUT2D eigenvalue weighted by Crippen LogP contribution is 2.36. The second-order valence-electron chi connectivity index (χ2n) is 10.1. The van der Waals surface area contributed by atoms with Crippen molar-refractivity contribution in [2.45, 2.75) is 67.2 Å². The highest BCUT2D eigenvalue weighted by Gasteiger charge is 2.21. The lowest BCUT2D eigenvalue weighted by Gasteiger charge is -2.16. The molecule has 162 valence electrons. The quantitative estimate of drug-likeness (QED) is 0.245. The first-order chi connectivity index (χ1) is 14.8. The molecule has 0 spiro atoms. The van der Waals surface area contributed by atoms with Crippen LogP contribution in [0.15, 0.2) is 36.5 Å². The molecule has 0 atom stereocenters. The van der Waals surface area contributed by atoms with Crippen LogP contribution in [0.1, 0.15) is 63.4 Å². The van der Waals surface area contributed by atoms with Gasteiger partial charge in [0.2, 0.25) is 5.52 Å². The zero-order chi connectivity index (χ0) is 22.3. The van der Waals surface area contributed by atoms with Crippen LogP contribution in [-0.4, -0.2) is 4.98 Å². The van der Waals surface area contributed by atoms with E-state index in [1.165, 1.54) is 49.4 Å². The molecule has 0 aliphatic heterocycles. The lowest BCUT2D eigenvalue weighted by molar-refractivity contribution is -0.644. The second-order valence-corrected chi connectivity index (χ2v) is 10.1. The van der Waals surface area contributed by atoms with Gasteiger partial charge in [-0.25, -0.2) is 4.98 Å². The Labute approximate surface area is 187 Å². The Morgan fingerprint density at radius 3 is 2.29 bits per heavy atom. The van der Waals surface area contributed by atoms with Crippen molar-refractivity contribution >= 4 is 32.6 Å². The van der Waals surface area contributed by atoms with Crippen LogP contribution in [0.2, 0.25) is 0 Å². The third kappa shape index (κ3) is 4.05. The maximum absolute atomic E-state index is 5.27. The smallest absolute Gasteiger partial charge is 0.239 e. The first-order valence-corrected chi connectivity index (χ1v) is 12.0. The second kappa shape index (κ2) is 8.57. The van der Waals surface area contributed by atoms with E-state index >= 15 is 0 Å². The van der Waals surface area contributed by atoms with Crippen molar-refractivity contribution in [2.75, 3.05) is 0 Å². The SMILES string of the molecule is CCCc1ccc2c(c1)c1nc(CC(C)C)c[n+](C)c1c1c(C)c(CC(C)C)ccc21. The molecule has 0 aliphatic rings. The minimum atomic E-state index is 0.590. The third-order valence-corrected chi connectivity index (χ3v) is 6.40. The summed E-state index contributed by atoms with van der Waals surface area (Å²) < 4.78 is 2.33. The van der Waals surface area contributed by atoms with E-state index in [-0.39, 0.29) is 0 Å². The lowest BCUT2D eigenvalue weighted by atomic mass is 9.90. The number of hydrogen-bond donors (Lipinski definition) is 0. The van der Waals surface area contributed by atoms with Crippen LogP contribution < -0.4 is 4.57 Å². The fourth-order valence-electron chi connectivity index (χ4n) is 5.09. The minimum Gasteiger partial charge on any atom is -0.240 e. The van der Waals surface area contributed by atoms with Crippen LogP contribution in [0.5, 0.6) is 0 Å². The maximum atomic E-state index is 5.27. The molecule has 0 fully saturated rings. The number of hydrogen-bond acceptors (Lipinski definition) is 1. The van der Waals surface area contributed by atoms with Gasteiger partial charge >= 0.3 is 0 Å². The summed E-state index contributed by atoms with van der Waals surface area (Å²) in [6.07, 6.45) is 6.63. The molecule has 0 unspecified atom stereocenters. The Morgan fingerprint density at radius 2 is 1.61 bits per heavy atom. The van der Waals surface area contributed by atoms with Gasteiger partial charge < -0.3 is 0 Å². The third-order valence-electron chi connectivity index (χ3n) is 6.40. The van der Waals surface area contributed by atoms with E-state index in [4.69, 9.17) is 4.98 Å². The molecule has 1 heterocycles. The van der Waals surface area contributed by atoms with Crippen LogP contribution in [-0.2, 0) is 26.3 Å². The summed E-state index contributed by atoms with van der Waals surface area (Å²) in [6.45, 7) is 13.7. The highest BCUT2D eigenvalue weighted by atomic mass is 15.0. The van der Waals surface area contributed by atoms with Crippen molar-refractivity contribution in [3.05, 3.63) is 58.9 Å². The van der Waals surface area contributed by atoms with Gasteiger partial charge in [0.05, 0.1) is 5.39 Å². The molecule has 4 rings (SSSR count). The topological polar surface area (TPSA) is 16.8 Å². The van der Waals surface area contributed by atoms with Crippen LogP contribution in [0.4, 0.5) is 0 Å². The number of aromatic nitrogens is 2. The van der Waals surface area contributed by atoms with E-state index in [1.807, 2.05) is 0 Å². The Morgan fingerprint density at radius 1 is 0.903 bits per heavy atom. The average molecular weight is 414 g/mol. The fourth-order valence-corrected chi connectivity index (χ4v) is 5.09. The van der Waals surface area contributed by atoms with Gasteiger partial charge in [-0.2, -0.15) is 4.57 Å². The molecule has 3 aromatic carbocycles. The Balaban J connectivity index is 2.17. The number of rotatable bonds is 6. The average Bonchev–Trinajstić information content (AvgIpc) is 2.69. The number of benzene rings is 3. The summed E-state index contributed by atoms with van der Waals surface area (Å²) in [5.74, 6) is 1.23. The highest BCUT2D eigenvalue weighted by molar-refractivity contribution is 6.23. The summed E-state index contributed by atoms with van der Waals surface area (Å²) >= 11 is 0. The summed E-state index contributed by atoms with van der Waals surface area (Å²) in [5, 5.41) is 5.35. The van der Waals surface area contributed by atoms with Gasteiger partial charge in [-0.3, -0.25) is 0 Å². The molecule has 2 nitrogen and oxygen atoms in total. The van der Waals surface area contributed by atoms with Crippen LogP contribution >= 0.6 is 0 Å². The summed E-state index contributed by atoms with van der Waals surface area (Å²) in [7, 11) is 2.20. The summed E-state index contributed by atoms with van der Waals surface area (Å²) in [6, 6.07) is 11.7. The van der Waals surface area contributed by atoms with Gasteiger partial charge in [0.15, 0.2) is 6.20 Å². The van der Waals surface area contributed by atoms with Gasteiger partial charge in [-0.1, -0.05) is 65.3 Å². The molecule has 31 heavy (non-hydrogen) atoms. The molecule has 0 amide bonds. The molecular formula is C29H37N2+. The van der Waals surface area contributed by atoms with E-state index in [9.17, 15) is 0 Å². The van der Waals surface area contributed by atoms with Crippen LogP contribution in [0.25, 0.3) is 32.6 Å². The molecule has 1 aromatic heterocycles. The van der Waals surface area contributed by atoms with Gasteiger partial charge in [0, 0.05) is 5.39 Å². The molecule has 4 aromatic rings. The Hall–Kier alpha value is -2.48. The van der Waals surface area contributed by atoms with Crippen molar-refractivity contribution < 1.29 is 4.57 Å². The van der Waals surface area contributed by atoms with E-state index in [0.29, 0.717) is 11.8 Å². The van der Waals surface area contributed by atoms with Gasteiger partial charge in [0.1, 0.15) is 18.3 Å². The van der Waals surface area contributed by atoms with Gasteiger partial charge in [-0.05, 0) is 71.6 Å². The predicted octanol–water partition coefficient (Wildman–Crippen LogP) is 7.02. The molecule has 0 N–H and O–H groups in total. The Kier molecular flexibility index (Phi) is 6.01. The molecular weight excluding hydrogens is 376 g/mol. The minimum absolute atomic E-state index is 0.590. The zero-order valence-electron chi connectivity index (χ0n) is 20.3. The fraction of sp³-hybridized carbons (Fsp3) is 0.448. The molecule has 0 bridgehead atoms. The molecule has 2 heteroatoms. The zero-order valence-corrected chi connectivity index (χ0v) is 20.3. The van der Waals surface area contributed by atoms with Crippen molar-refractivity contribution in [1.82, 2.24) is 4.98 Å². The molecule has 0 saturated heterocycles. The number of aryl methyl sites for hydroxylation is 3. The molecule has 0 aliphatic carbocycles. The maximum Gasteiger partial charge on any atom is 0.239 e.